The molecule has 0 aliphatic carbocycles. The third-order valence-corrected chi connectivity index (χ3v) is 5.83. The molecule has 1 fully saturated rings. The van der Waals surface area contributed by atoms with Crippen molar-refractivity contribution < 1.29 is 23.1 Å². The molecule has 1 aromatic heterocycles. The molecule has 2 aromatic rings. The maximum absolute atomic E-state index is 13.1. The monoisotopic (exact) mass is 398 g/mol. The number of carbonyl (C=O) groups is 1. The van der Waals surface area contributed by atoms with Crippen LogP contribution in [-0.4, -0.2) is 40.2 Å². The van der Waals surface area contributed by atoms with Gasteiger partial charge in [0.1, 0.15) is 5.01 Å². The number of rotatable bonds is 5. The molecule has 0 spiro atoms. The summed E-state index contributed by atoms with van der Waals surface area (Å²) in [4.78, 5) is 17.2. The van der Waals surface area contributed by atoms with Crippen molar-refractivity contribution in [3.63, 3.8) is 0 Å². The molecule has 0 radical (unpaired) electrons. The molecular weight excluding hydrogens is 377 g/mol. The molecule has 1 aliphatic rings. The molecule has 1 aromatic carbocycles. The Morgan fingerprint density at radius 2 is 1.96 bits per heavy atom. The van der Waals surface area contributed by atoms with Gasteiger partial charge in [-0.3, -0.25) is 9.69 Å². The minimum Gasteiger partial charge on any atom is -0.481 e. The number of halogens is 3. The summed E-state index contributed by atoms with van der Waals surface area (Å²) < 4.78 is 39.3. The Labute approximate surface area is 159 Å². The molecule has 2 atom stereocenters. The van der Waals surface area contributed by atoms with E-state index >= 15 is 0 Å². The van der Waals surface area contributed by atoms with E-state index in [-0.39, 0.29) is 19.6 Å². The zero-order chi connectivity index (χ0) is 19.8. The van der Waals surface area contributed by atoms with Crippen molar-refractivity contribution in [3.05, 3.63) is 40.9 Å². The van der Waals surface area contributed by atoms with Crippen molar-refractivity contribution in [1.82, 2.24) is 9.88 Å². The molecule has 1 saturated heterocycles. The Bertz CT molecular complexity index is 802. The summed E-state index contributed by atoms with van der Waals surface area (Å²) in [5, 5.41) is 11.7. The van der Waals surface area contributed by atoms with Crippen LogP contribution in [-0.2, 0) is 11.3 Å². The van der Waals surface area contributed by atoms with E-state index < -0.39 is 24.0 Å². The molecule has 2 heterocycles. The van der Waals surface area contributed by atoms with E-state index in [0.717, 1.165) is 10.6 Å². The van der Waals surface area contributed by atoms with Gasteiger partial charge in [-0.2, -0.15) is 13.2 Å². The SMILES string of the molecule is CC(C)c1ccc(-c2nc(CN3C[C@@H](C(F)(F)F)[C@H](C(=O)O)C3)cs2)cc1. The number of thiazole rings is 1. The van der Waals surface area contributed by atoms with Crippen molar-refractivity contribution >= 4 is 17.3 Å². The number of benzene rings is 1. The van der Waals surface area contributed by atoms with E-state index in [1.807, 2.05) is 29.6 Å². The van der Waals surface area contributed by atoms with Crippen molar-refractivity contribution in [2.45, 2.75) is 32.5 Å². The average Bonchev–Trinajstić information content (AvgIpc) is 3.22. The summed E-state index contributed by atoms with van der Waals surface area (Å²) in [6.45, 7) is 4.03. The van der Waals surface area contributed by atoms with E-state index in [1.165, 1.54) is 21.8 Å². The molecule has 0 unspecified atom stereocenters. The molecule has 3 rings (SSSR count). The third-order valence-electron chi connectivity index (χ3n) is 4.89. The van der Waals surface area contributed by atoms with Gasteiger partial charge in [0.05, 0.1) is 17.5 Å². The third kappa shape index (κ3) is 4.50. The largest absolute Gasteiger partial charge is 0.481 e. The Morgan fingerprint density at radius 3 is 2.48 bits per heavy atom. The van der Waals surface area contributed by atoms with Crippen molar-refractivity contribution in [1.29, 1.82) is 0 Å². The van der Waals surface area contributed by atoms with Gasteiger partial charge in [0.2, 0.25) is 0 Å². The predicted octanol–water partition coefficient (Wildman–Crippen LogP) is 4.63. The second-order valence-corrected chi connectivity index (χ2v) is 8.07. The number of carboxylic acids is 1. The van der Waals surface area contributed by atoms with Gasteiger partial charge in [-0.05, 0) is 11.5 Å². The van der Waals surface area contributed by atoms with Gasteiger partial charge in [0.15, 0.2) is 0 Å². The fraction of sp³-hybridized carbons (Fsp3) is 0.474. The van der Waals surface area contributed by atoms with Gasteiger partial charge < -0.3 is 5.11 Å². The lowest BCUT2D eigenvalue weighted by molar-refractivity contribution is -0.188. The van der Waals surface area contributed by atoms with E-state index in [9.17, 15) is 18.0 Å². The zero-order valence-corrected chi connectivity index (χ0v) is 15.8. The number of hydrogen-bond donors (Lipinski definition) is 1. The lowest BCUT2D eigenvalue weighted by Gasteiger charge is -2.18. The molecule has 27 heavy (non-hydrogen) atoms. The zero-order valence-electron chi connectivity index (χ0n) is 15.0. The smallest absolute Gasteiger partial charge is 0.393 e. The molecule has 8 heteroatoms. The van der Waals surface area contributed by atoms with Crippen LogP contribution in [0.3, 0.4) is 0 Å². The van der Waals surface area contributed by atoms with E-state index in [0.29, 0.717) is 11.6 Å². The van der Waals surface area contributed by atoms with Crippen LogP contribution < -0.4 is 0 Å². The summed E-state index contributed by atoms with van der Waals surface area (Å²) >= 11 is 1.44. The minimum absolute atomic E-state index is 0.116. The molecule has 0 bridgehead atoms. The summed E-state index contributed by atoms with van der Waals surface area (Å²) in [6, 6.07) is 8.09. The first-order valence-electron chi connectivity index (χ1n) is 8.71. The molecule has 4 nitrogen and oxygen atoms in total. The van der Waals surface area contributed by atoms with Crippen molar-refractivity contribution in [2.24, 2.45) is 11.8 Å². The molecule has 0 amide bonds. The molecule has 1 N–H and O–H groups in total. The fourth-order valence-electron chi connectivity index (χ4n) is 3.35. The van der Waals surface area contributed by atoms with Gasteiger partial charge in [0, 0.05) is 30.6 Å². The van der Waals surface area contributed by atoms with E-state index in [2.05, 4.69) is 18.8 Å². The van der Waals surface area contributed by atoms with Crippen LogP contribution in [0.25, 0.3) is 10.6 Å². The first-order valence-corrected chi connectivity index (χ1v) is 9.59. The number of alkyl halides is 3. The number of nitrogens with zero attached hydrogens (tertiary/aromatic N) is 2. The van der Waals surface area contributed by atoms with Gasteiger partial charge >= 0.3 is 12.1 Å². The topological polar surface area (TPSA) is 53.4 Å². The highest BCUT2D eigenvalue weighted by atomic mass is 32.1. The second kappa shape index (κ2) is 7.59. The Morgan fingerprint density at radius 1 is 1.30 bits per heavy atom. The predicted molar refractivity (Wildman–Crippen MR) is 97.6 cm³/mol. The lowest BCUT2D eigenvalue weighted by atomic mass is 9.96. The molecule has 146 valence electrons. The highest BCUT2D eigenvalue weighted by Crippen LogP contribution is 2.38. The number of likely N-dealkylation sites (tertiary alicyclic amines) is 1. The number of aromatic nitrogens is 1. The van der Waals surface area contributed by atoms with Gasteiger partial charge in [-0.15, -0.1) is 11.3 Å². The number of carboxylic acid groups (broad SMARTS) is 1. The quantitative estimate of drug-likeness (QED) is 0.798. The standard InChI is InChI=1S/C19H21F3N2O2S/c1-11(2)12-3-5-13(6-4-12)17-23-14(10-27-17)7-24-8-15(18(25)26)16(9-24)19(20,21)22/h3-6,10-11,15-16H,7-9H2,1-2H3,(H,25,26)/t15-,16-/m1/s1. The maximum atomic E-state index is 13.1. The van der Waals surface area contributed by atoms with Crippen LogP contribution in [0, 0.1) is 11.8 Å². The fourth-order valence-corrected chi connectivity index (χ4v) is 4.17. The Hall–Kier alpha value is -1.93. The minimum atomic E-state index is -4.51. The second-order valence-electron chi connectivity index (χ2n) is 7.21. The highest BCUT2D eigenvalue weighted by molar-refractivity contribution is 7.13. The van der Waals surface area contributed by atoms with Crippen LogP contribution >= 0.6 is 11.3 Å². The highest BCUT2D eigenvalue weighted by Gasteiger charge is 2.52. The maximum Gasteiger partial charge on any atom is 0.393 e. The van der Waals surface area contributed by atoms with Gasteiger partial charge in [-0.1, -0.05) is 38.1 Å². The Kier molecular flexibility index (Phi) is 5.58. The first-order chi connectivity index (χ1) is 12.6. The molecule has 1 aliphatic heterocycles. The Balaban J connectivity index is 1.70. The van der Waals surface area contributed by atoms with Crippen molar-refractivity contribution in [3.8, 4) is 10.6 Å². The first kappa shape index (κ1) is 19.8. The van der Waals surface area contributed by atoms with Crippen LogP contribution in [0.2, 0.25) is 0 Å². The van der Waals surface area contributed by atoms with Crippen LogP contribution in [0.1, 0.15) is 31.0 Å². The lowest BCUT2D eigenvalue weighted by Crippen LogP contribution is -2.33. The average molecular weight is 398 g/mol. The van der Waals surface area contributed by atoms with E-state index in [4.69, 9.17) is 5.11 Å². The van der Waals surface area contributed by atoms with Crippen molar-refractivity contribution in [2.75, 3.05) is 13.1 Å². The summed E-state index contributed by atoms with van der Waals surface area (Å²) in [7, 11) is 0. The van der Waals surface area contributed by atoms with Crippen LogP contribution in [0.4, 0.5) is 13.2 Å². The molecule has 0 saturated carbocycles. The van der Waals surface area contributed by atoms with Crippen LogP contribution in [0.15, 0.2) is 29.6 Å². The van der Waals surface area contributed by atoms with Gasteiger partial charge in [-0.25, -0.2) is 4.98 Å². The number of hydrogen-bond acceptors (Lipinski definition) is 4. The van der Waals surface area contributed by atoms with Crippen LogP contribution in [0.5, 0.6) is 0 Å². The summed E-state index contributed by atoms with van der Waals surface area (Å²) in [5.74, 6) is -4.22. The normalized spacial score (nSPS) is 21.1. The number of aliphatic carboxylic acids is 1. The van der Waals surface area contributed by atoms with Gasteiger partial charge in [0.25, 0.3) is 0 Å². The molecular formula is C19H21F3N2O2S. The summed E-state index contributed by atoms with van der Waals surface area (Å²) in [5.41, 5.74) is 2.86. The van der Waals surface area contributed by atoms with E-state index in [1.54, 1.807) is 0 Å². The summed E-state index contributed by atoms with van der Waals surface area (Å²) in [6.07, 6.45) is -4.51.